The Kier molecular flexibility index (Phi) is 5.37. The molecule has 1 aliphatic rings. The van der Waals surface area contributed by atoms with Crippen molar-refractivity contribution in [2.75, 3.05) is 18.4 Å². The van der Waals surface area contributed by atoms with Crippen molar-refractivity contribution in [3.8, 4) is 5.75 Å². The van der Waals surface area contributed by atoms with Gasteiger partial charge < -0.3 is 15.4 Å². The molecule has 5 rings (SSSR count). The fourth-order valence-corrected chi connectivity index (χ4v) is 3.83. The number of carbonyl (C=O) groups excluding carboxylic acids is 1. The van der Waals surface area contributed by atoms with Crippen molar-refractivity contribution >= 4 is 22.6 Å². The first kappa shape index (κ1) is 19.3. The van der Waals surface area contributed by atoms with Gasteiger partial charge in [-0.3, -0.25) is 14.6 Å². The number of nitrogens with zero attached hydrogens (tertiary/aromatic N) is 3. The molecule has 1 aliphatic heterocycles. The number of fused-ring (bicyclic) bond motifs is 1. The van der Waals surface area contributed by atoms with Crippen molar-refractivity contribution < 1.29 is 9.53 Å². The Labute approximate surface area is 179 Å². The molecule has 2 aromatic heterocycles. The van der Waals surface area contributed by atoms with Gasteiger partial charge in [0.15, 0.2) is 5.82 Å². The molecule has 3 N–H and O–H groups in total. The second-order valence-electron chi connectivity index (χ2n) is 7.70. The highest BCUT2D eigenvalue weighted by Crippen LogP contribution is 2.26. The molecular formula is C23H24N6O2. The second-order valence-corrected chi connectivity index (χ2v) is 7.70. The fraction of sp³-hybridized carbons (Fsp3) is 0.261. The third-order valence-corrected chi connectivity index (χ3v) is 5.56. The van der Waals surface area contributed by atoms with E-state index in [1.54, 1.807) is 6.20 Å². The monoisotopic (exact) mass is 416 g/mol. The number of benzene rings is 2. The first-order chi connectivity index (χ1) is 15.3. The SMILES string of the molecule is O=C(Nc1n[nH]c2ccc(OCc3ccccc3)cc12)c1cnn(C2CCNCC2)c1. The summed E-state index contributed by atoms with van der Waals surface area (Å²) in [5.41, 5.74) is 2.44. The van der Waals surface area contributed by atoms with Gasteiger partial charge >= 0.3 is 0 Å². The number of rotatable bonds is 6. The van der Waals surface area contributed by atoms with Crippen molar-refractivity contribution in [2.45, 2.75) is 25.5 Å². The van der Waals surface area contributed by atoms with Crippen molar-refractivity contribution in [1.29, 1.82) is 0 Å². The average molecular weight is 416 g/mol. The van der Waals surface area contributed by atoms with Crippen molar-refractivity contribution in [3.05, 3.63) is 72.1 Å². The molecule has 0 aliphatic carbocycles. The smallest absolute Gasteiger partial charge is 0.260 e. The van der Waals surface area contributed by atoms with Gasteiger partial charge in [-0.1, -0.05) is 30.3 Å². The van der Waals surface area contributed by atoms with E-state index in [1.807, 2.05) is 59.4 Å². The summed E-state index contributed by atoms with van der Waals surface area (Å²) >= 11 is 0. The average Bonchev–Trinajstić information content (AvgIpc) is 3.47. The largest absolute Gasteiger partial charge is 0.489 e. The van der Waals surface area contributed by atoms with Crippen LogP contribution in [0.15, 0.2) is 60.9 Å². The maximum Gasteiger partial charge on any atom is 0.260 e. The van der Waals surface area contributed by atoms with Gasteiger partial charge in [0, 0.05) is 11.6 Å². The van der Waals surface area contributed by atoms with Crippen LogP contribution in [0.4, 0.5) is 5.82 Å². The van der Waals surface area contributed by atoms with Gasteiger partial charge in [0.1, 0.15) is 12.4 Å². The normalized spacial score (nSPS) is 14.6. The maximum absolute atomic E-state index is 12.8. The lowest BCUT2D eigenvalue weighted by atomic mass is 10.1. The van der Waals surface area contributed by atoms with E-state index >= 15 is 0 Å². The lowest BCUT2D eigenvalue weighted by Crippen LogP contribution is -2.29. The van der Waals surface area contributed by atoms with Crippen LogP contribution in [0.5, 0.6) is 5.75 Å². The van der Waals surface area contributed by atoms with Gasteiger partial charge in [0.05, 0.1) is 23.3 Å². The lowest BCUT2D eigenvalue weighted by molar-refractivity contribution is 0.102. The van der Waals surface area contributed by atoms with E-state index in [9.17, 15) is 4.79 Å². The van der Waals surface area contributed by atoms with E-state index in [-0.39, 0.29) is 5.91 Å². The number of H-pyrrole nitrogens is 1. The van der Waals surface area contributed by atoms with Crippen LogP contribution >= 0.6 is 0 Å². The third-order valence-electron chi connectivity index (χ3n) is 5.56. The Bertz CT molecular complexity index is 1180. The molecule has 8 heteroatoms. The summed E-state index contributed by atoms with van der Waals surface area (Å²) in [7, 11) is 0. The molecule has 158 valence electrons. The van der Waals surface area contributed by atoms with Crippen molar-refractivity contribution in [1.82, 2.24) is 25.3 Å². The summed E-state index contributed by atoms with van der Waals surface area (Å²) in [5, 5.41) is 18.7. The number of aromatic nitrogens is 4. The van der Waals surface area contributed by atoms with Crippen LogP contribution in [0.3, 0.4) is 0 Å². The molecule has 8 nitrogen and oxygen atoms in total. The molecule has 3 heterocycles. The molecule has 4 aromatic rings. The van der Waals surface area contributed by atoms with Crippen LogP contribution in [-0.2, 0) is 6.61 Å². The molecule has 0 saturated carbocycles. The minimum absolute atomic E-state index is 0.232. The molecule has 0 atom stereocenters. The summed E-state index contributed by atoms with van der Waals surface area (Å²) in [4.78, 5) is 12.8. The number of carbonyl (C=O) groups is 1. The Morgan fingerprint density at radius 2 is 2.00 bits per heavy atom. The second kappa shape index (κ2) is 8.61. The predicted octanol–water partition coefficient (Wildman–Crippen LogP) is 3.52. The zero-order chi connectivity index (χ0) is 21.0. The first-order valence-electron chi connectivity index (χ1n) is 10.5. The minimum atomic E-state index is -0.232. The zero-order valence-electron chi connectivity index (χ0n) is 17.0. The number of nitrogens with one attached hydrogen (secondary N) is 3. The number of amides is 1. The molecule has 1 saturated heterocycles. The predicted molar refractivity (Wildman–Crippen MR) is 118 cm³/mol. The van der Waals surface area contributed by atoms with E-state index in [2.05, 4.69) is 25.9 Å². The van der Waals surface area contributed by atoms with Crippen LogP contribution < -0.4 is 15.4 Å². The molecule has 0 radical (unpaired) electrons. The van der Waals surface area contributed by atoms with Crippen molar-refractivity contribution in [2.24, 2.45) is 0 Å². The Morgan fingerprint density at radius 1 is 1.16 bits per heavy atom. The van der Waals surface area contributed by atoms with E-state index in [4.69, 9.17) is 4.74 Å². The highest BCUT2D eigenvalue weighted by Gasteiger charge is 2.18. The molecule has 2 aromatic carbocycles. The number of hydrogen-bond donors (Lipinski definition) is 3. The molecule has 0 bridgehead atoms. The third kappa shape index (κ3) is 4.29. The molecule has 0 unspecified atom stereocenters. The number of piperidine rings is 1. The van der Waals surface area contributed by atoms with Gasteiger partial charge in [-0.2, -0.15) is 10.2 Å². The molecule has 31 heavy (non-hydrogen) atoms. The summed E-state index contributed by atoms with van der Waals surface area (Å²) in [6, 6.07) is 16.0. The van der Waals surface area contributed by atoms with E-state index in [0.717, 1.165) is 42.4 Å². The molecule has 1 amide bonds. The quantitative estimate of drug-likeness (QED) is 0.447. The number of hydrogen-bond acceptors (Lipinski definition) is 5. The number of aromatic amines is 1. The van der Waals surface area contributed by atoms with Crippen LogP contribution in [0.1, 0.15) is 34.8 Å². The van der Waals surface area contributed by atoms with Crippen LogP contribution in [0.2, 0.25) is 0 Å². The van der Waals surface area contributed by atoms with Gasteiger partial charge in [0.2, 0.25) is 0 Å². The summed E-state index contributed by atoms with van der Waals surface area (Å²) < 4.78 is 7.81. The topological polar surface area (TPSA) is 96.9 Å². The fourth-order valence-electron chi connectivity index (χ4n) is 3.83. The zero-order valence-corrected chi connectivity index (χ0v) is 17.0. The van der Waals surface area contributed by atoms with Crippen LogP contribution in [-0.4, -0.2) is 39.0 Å². The van der Waals surface area contributed by atoms with Crippen LogP contribution in [0.25, 0.3) is 10.9 Å². The standard InChI is InChI=1S/C23H24N6O2/c30-23(17-13-25-29(14-17)18-8-10-24-11-9-18)26-22-20-12-19(6-7-21(20)27-28-22)31-15-16-4-2-1-3-5-16/h1-7,12-14,18,24H,8-11,15H2,(H2,26,27,28,30). The van der Waals surface area contributed by atoms with Crippen molar-refractivity contribution in [3.63, 3.8) is 0 Å². The highest BCUT2D eigenvalue weighted by molar-refractivity contribution is 6.07. The van der Waals surface area contributed by atoms with Gasteiger partial charge in [0.25, 0.3) is 5.91 Å². The molecule has 0 spiro atoms. The Hall–Kier alpha value is -3.65. The van der Waals surface area contributed by atoms with E-state index in [1.165, 1.54) is 0 Å². The number of anilines is 1. The molecular weight excluding hydrogens is 392 g/mol. The van der Waals surface area contributed by atoms with E-state index < -0.39 is 0 Å². The van der Waals surface area contributed by atoms with Gasteiger partial charge in [-0.25, -0.2) is 0 Å². The Morgan fingerprint density at radius 3 is 2.84 bits per heavy atom. The van der Waals surface area contributed by atoms with E-state index in [0.29, 0.717) is 29.8 Å². The number of ether oxygens (including phenoxy) is 1. The molecule has 1 fully saturated rings. The van der Waals surface area contributed by atoms with Crippen LogP contribution in [0, 0.1) is 0 Å². The minimum Gasteiger partial charge on any atom is -0.489 e. The Balaban J connectivity index is 1.29. The summed E-state index contributed by atoms with van der Waals surface area (Å²) in [6.45, 7) is 2.42. The highest BCUT2D eigenvalue weighted by atomic mass is 16.5. The maximum atomic E-state index is 12.8. The first-order valence-corrected chi connectivity index (χ1v) is 10.5. The lowest BCUT2D eigenvalue weighted by Gasteiger charge is -2.22. The van der Waals surface area contributed by atoms with Gasteiger partial charge in [-0.05, 0) is 49.7 Å². The van der Waals surface area contributed by atoms with Gasteiger partial charge in [-0.15, -0.1) is 0 Å². The summed E-state index contributed by atoms with van der Waals surface area (Å²) in [6.07, 6.45) is 5.45. The summed E-state index contributed by atoms with van der Waals surface area (Å²) in [5.74, 6) is 0.955.